The van der Waals surface area contributed by atoms with Crippen LogP contribution < -0.4 is 10.6 Å². The zero-order chi connectivity index (χ0) is 13.8. The van der Waals surface area contributed by atoms with Crippen LogP contribution in [0.2, 0.25) is 0 Å². The fourth-order valence-corrected chi connectivity index (χ4v) is 2.66. The molecule has 6 heteroatoms. The maximum atomic E-state index is 12.2. The number of rotatable bonds is 4. The molecule has 0 aromatic carbocycles. The molecule has 3 rings (SSSR count). The Bertz CT molecular complexity index is 588. The molecule has 1 fully saturated rings. The molecule has 0 aliphatic carbocycles. The van der Waals surface area contributed by atoms with E-state index in [4.69, 9.17) is 0 Å². The highest BCUT2D eigenvalue weighted by Crippen LogP contribution is 2.13. The number of piperidine rings is 1. The van der Waals surface area contributed by atoms with Crippen LogP contribution in [0.1, 0.15) is 29.6 Å². The maximum absolute atomic E-state index is 12.2. The lowest BCUT2D eigenvalue weighted by atomic mass is 9.96. The third-order valence-corrected chi connectivity index (χ3v) is 3.81. The highest BCUT2D eigenvalue weighted by Gasteiger charge is 2.15. The summed E-state index contributed by atoms with van der Waals surface area (Å²) >= 11 is 0. The average molecular weight is 273 g/mol. The third-order valence-electron chi connectivity index (χ3n) is 3.81. The van der Waals surface area contributed by atoms with Gasteiger partial charge in [0.1, 0.15) is 0 Å². The van der Waals surface area contributed by atoms with E-state index < -0.39 is 0 Å². The Morgan fingerprint density at radius 3 is 3.30 bits per heavy atom. The summed E-state index contributed by atoms with van der Waals surface area (Å²) in [4.78, 5) is 16.2. The smallest absolute Gasteiger partial charge is 0.255 e. The van der Waals surface area contributed by atoms with E-state index in [2.05, 4.69) is 20.7 Å². The standard InChI is InChI=1S/C14H19N5O/c20-14(17-5-3-11-2-1-4-15-8-11)12-9-18-19-7-6-16-10-13(12)19/h6-7,9-11,15H,1-5,8H2,(H,17,20). The van der Waals surface area contributed by atoms with Crippen molar-refractivity contribution >= 4 is 11.4 Å². The zero-order valence-corrected chi connectivity index (χ0v) is 11.4. The van der Waals surface area contributed by atoms with Gasteiger partial charge in [0.25, 0.3) is 5.91 Å². The van der Waals surface area contributed by atoms with Crippen LogP contribution in [-0.4, -0.2) is 40.1 Å². The van der Waals surface area contributed by atoms with Gasteiger partial charge >= 0.3 is 0 Å². The molecule has 1 amide bonds. The highest BCUT2D eigenvalue weighted by molar-refractivity contribution is 6.00. The van der Waals surface area contributed by atoms with Crippen molar-refractivity contribution in [2.24, 2.45) is 5.92 Å². The van der Waals surface area contributed by atoms with E-state index in [-0.39, 0.29) is 5.91 Å². The Balaban J connectivity index is 1.56. The summed E-state index contributed by atoms with van der Waals surface area (Å²) in [5.74, 6) is 0.603. The molecule has 20 heavy (non-hydrogen) atoms. The zero-order valence-electron chi connectivity index (χ0n) is 11.4. The average Bonchev–Trinajstić information content (AvgIpc) is 2.92. The Labute approximate surface area is 117 Å². The monoisotopic (exact) mass is 273 g/mol. The molecular weight excluding hydrogens is 254 g/mol. The van der Waals surface area contributed by atoms with Crippen LogP contribution in [0.3, 0.4) is 0 Å². The van der Waals surface area contributed by atoms with Crippen LogP contribution in [0.5, 0.6) is 0 Å². The molecular formula is C14H19N5O. The SMILES string of the molecule is O=C(NCCC1CCCNC1)c1cnn2ccncc12. The third kappa shape index (κ3) is 2.80. The molecule has 6 nitrogen and oxygen atoms in total. The predicted molar refractivity (Wildman–Crippen MR) is 75.5 cm³/mol. The van der Waals surface area contributed by atoms with Gasteiger partial charge in [0.05, 0.1) is 23.5 Å². The van der Waals surface area contributed by atoms with Gasteiger partial charge in [-0.25, -0.2) is 4.52 Å². The molecule has 106 valence electrons. The van der Waals surface area contributed by atoms with Crippen LogP contribution in [0, 0.1) is 5.92 Å². The van der Waals surface area contributed by atoms with Crippen molar-refractivity contribution in [3.05, 3.63) is 30.4 Å². The van der Waals surface area contributed by atoms with Crippen molar-refractivity contribution in [1.29, 1.82) is 0 Å². The van der Waals surface area contributed by atoms with E-state index in [1.807, 2.05) is 0 Å². The molecule has 3 heterocycles. The number of aromatic nitrogens is 3. The van der Waals surface area contributed by atoms with Crippen LogP contribution in [-0.2, 0) is 0 Å². The minimum absolute atomic E-state index is 0.0724. The number of hydrogen-bond acceptors (Lipinski definition) is 4. The fraction of sp³-hybridized carbons (Fsp3) is 0.500. The Morgan fingerprint density at radius 2 is 2.45 bits per heavy atom. The minimum atomic E-state index is -0.0724. The van der Waals surface area contributed by atoms with Crippen molar-refractivity contribution in [3.8, 4) is 0 Å². The number of nitrogens with one attached hydrogen (secondary N) is 2. The van der Waals surface area contributed by atoms with Gasteiger partial charge in [0.2, 0.25) is 0 Å². The highest BCUT2D eigenvalue weighted by atomic mass is 16.1. The van der Waals surface area contributed by atoms with Crippen LogP contribution in [0.4, 0.5) is 0 Å². The molecule has 2 aromatic rings. The van der Waals surface area contributed by atoms with Crippen molar-refractivity contribution < 1.29 is 4.79 Å². The number of fused-ring (bicyclic) bond motifs is 1. The number of amides is 1. The van der Waals surface area contributed by atoms with Crippen LogP contribution >= 0.6 is 0 Å². The first-order valence-corrected chi connectivity index (χ1v) is 7.11. The van der Waals surface area contributed by atoms with Gasteiger partial charge in [-0.2, -0.15) is 5.10 Å². The molecule has 1 unspecified atom stereocenters. The van der Waals surface area contributed by atoms with E-state index in [1.165, 1.54) is 12.8 Å². The molecule has 0 bridgehead atoms. The summed E-state index contributed by atoms with van der Waals surface area (Å²) in [6.45, 7) is 2.90. The van der Waals surface area contributed by atoms with Gasteiger partial charge in [-0.05, 0) is 38.3 Å². The normalized spacial score (nSPS) is 19.1. The number of carbonyl (C=O) groups excluding carboxylic acids is 1. The van der Waals surface area contributed by atoms with Gasteiger partial charge in [0.15, 0.2) is 0 Å². The summed E-state index contributed by atoms with van der Waals surface area (Å²) in [5, 5.41) is 10.5. The Kier molecular flexibility index (Phi) is 3.92. The molecule has 1 aliphatic rings. The molecule has 1 saturated heterocycles. The van der Waals surface area contributed by atoms with E-state index in [9.17, 15) is 4.79 Å². The minimum Gasteiger partial charge on any atom is -0.352 e. The van der Waals surface area contributed by atoms with E-state index in [0.717, 1.165) is 25.0 Å². The number of hydrogen-bond donors (Lipinski definition) is 2. The topological polar surface area (TPSA) is 71.3 Å². The molecule has 1 atom stereocenters. The Morgan fingerprint density at radius 1 is 1.50 bits per heavy atom. The largest absolute Gasteiger partial charge is 0.352 e. The van der Waals surface area contributed by atoms with Gasteiger partial charge < -0.3 is 10.6 Å². The van der Waals surface area contributed by atoms with E-state index in [0.29, 0.717) is 18.0 Å². The first-order valence-electron chi connectivity index (χ1n) is 7.11. The lowest BCUT2D eigenvalue weighted by Crippen LogP contribution is -2.33. The number of nitrogens with zero attached hydrogens (tertiary/aromatic N) is 3. The summed E-state index contributed by atoms with van der Waals surface area (Å²) in [5.41, 5.74) is 1.32. The molecule has 0 spiro atoms. The first-order chi connectivity index (χ1) is 9.84. The van der Waals surface area contributed by atoms with Gasteiger partial charge in [0, 0.05) is 18.9 Å². The van der Waals surface area contributed by atoms with Crippen molar-refractivity contribution in [2.75, 3.05) is 19.6 Å². The van der Waals surface area contributed by atoms with Crippen LogP contribution in [0.25, 0.3) is 5.52 Å². The maximum Gasteiger partial charge on any atom is 0.255 e. The van der Waals surface area contributed by atoms with Crippen molar-refractivity contribution in [3.63, 3.8) is 0 Å². The van der Waals surface area contributed by atoms with E-state index in [1.54, 1.807) is 29.3 Å². The summed E-state index contributed by atoms with van der Waals surface area (Å²) < 4.78 is 1.66. The van der Waals surface area contributed by atoms with Crippen molar-refractivity contribution in [1.82, 2.24) is 25.2 Å². The lowest BCUT2D eigenvalue weighted by Gasteiger charge is -2.22. The summed E-state index contributed by atoms with van der Waals surface area (Å²) in [6.07, 6.45) is 10.1. The van der Waals surface area contributed by atoms with Gasteiger partial charge in [-0.15, -0.1) is 0 Å². The molecule has 2 N–H and O–H groups in total. The Hall–Kier alpha value is -1.95. The van der Waals surface area contributed by atoms with Gasteiger partial charge in [-0.3, -0.25) is 9.78 Å². The molecule has 0 saturated carbocycles. The van der Waals surface area contributed by atoms with Crippen molar-refractivity contribution in [2.45, 2.75) is 19.3 Å². The van der Waals surface area contributed by atoms with Crippen LogP contribution in [0.15, 0.2) is 24.8 Å². The van der Waals surface area contributed by atoms with E-state index >= 15 is 0 Å². The number of carbonyl (C=O) groups is 1. The lowest BCUT2D eigenvalue weighted by molar-refractivity contribution is 0.0952. The molecule has 0 radical (unpaired) electrons. The summed E-state index contributed by atoms with van der Waals surface area (Å²) in [6, 6.07) is 0. The molecule has 2 aromatic heterocycles. The first kappa shape index (κ1) is 13.1. The second kappa shape index (κ2) is 6.00. The molecule has 1 aliphatic heterocycles. The second-order valence-corrected chi connectivity index (χ2v) is 5.22. The fourth-order valence-electron chi connectivity index (χ4n) is 2.66. The second-order valence-electron chi connectivity index (χ2n) is 5.22. The predicted octanol–water partition coefficient (Wildman–Crippen LogP) is 0.849. The van der Waals surface area contributed by atoms with Gasteiger partial charge in [-0.1, -0.05) is 0 Å². The quantitative estimate of drug-likeness (QED) is 0.866. The summed E-state index contributed by atoms with van der Waals surface area (Å²) in [7, 11) is 0.